The van der Waals surface area contributed by atoms with Crippen LogP contribution in [0.15, 0.2) is 18.3 Å². The second-order valence-electron chi connectivity index (χ2n) is 6.62. The zero-order valence-electron chi connectivity index (χ0n) is 12.4. The third-order valence-corrected chi connectivity index (χ3v) is 3.63. The maximum atomic E-state index is 13.4. The van der Waals surface area contributed by atoms with Gasteiger partial charge in [-0.15, -0.1) is 0 Å². The summed E-state index contributed by atoms with van der Waals surface area (Å²) in [6.07, 6.45) is 1.01. The normalized spacial score (nSPS) is 22.4. The lowest BCUT2D eigenvalue weighted by Gasteiger charge is -2.21. The molecule has 0 bridgehead atoms. The Hall–Kier alpha value is -1.56. The van der Waals surface area contributed by atoms with E-state index >= 15 is 0 Å². The molecule has 0 amide bonds. The highest BCUT2D eigenvalue weighted by Gasteiger charge is 2.47. The van der Waals surface area contributed by atoms with Gasteiger partial charge in [0.05, 0.1) is 6.54 Å². The molecule has 6 heteroatoms. The molecule has 4 nitrogen and oxygen atoms in total. The number of aliphatic carboxylic acids is 1. The van der Waals surface area contributed by atoms with Crippen molar-refractivity contribution in [1.29, 1.82) is 0 Å². The van der Waals surface area contributed by atoms with Crippen LogP contribution in [0.4, 0.5) is 8.78 Å². The zero-order chi connectivity index (χ0) is 15.8. The van der Waals surface area contributed by atoms with Crippen LogP contribution in [-0.2, 0) is 16.8 Å². The van der Waals surface area contributed by atoms with Crippen LogP contribution in [0.3, 0.4) is 0 Å². The minimum atomic E-state index is -2.94. The Kier molecular flexibility index (Phi) is 4.02. The number of carboxylic acids is 1. The summed E-state index contributed by atoms with van der Waals surface area (Å²) >= 11 is 0. The molecule has 2 rings (SSSR count). The quantitative estimate of drug-likeness (QED) is 0.932. The average molecular weight is 298 g/mol. The monoisotopic (exact) mass is 298 g/mol. The van der Waals surface area contributed by atoms with Gasteiger partial charge in [0, 0.05) is 30.3 Å². The number of carboxylic acid groups (broad SMARTS) is 1. The number of hydrogen-bond donors (Lipinski definition) is 1. The number of alkyl halides is 2. The molecule has 2 heterocycles. The Morgan fingerprint density at radius 3 is 2.62 bits per heavy atom. The largest absolute Gasteiger partial charge is 0.480 e. The van der Waals surface area contributed by atoms with E-state index in [1.807, 2.05) is 32.9 Å². The Morgan fingerprint density at radius 1 is 1.48 bits per heavy atom. The van der Waals surface area contributed by atoms with Gasteiger partial charge in [0.2, 0.25) is 0 Å². The number of halogens is 2. The SMILES string of the molecule is CC(C)(C)c1ccc(CN2CC(F)(F)C[C@@H]2C(=O)O)cn1. The van der Waals surface area contributed by atoms with Gasteiger partial charge in [-0.05, 0) is 11.6 Å². The Balaban J connectivity index is 2.12. The van der Waals surface area contributed by atoms with Gasteiger partial charge in [0.15, 0.2) is 0 Å². The smallest absolute Gasteiger partial charge is 0.321 e. The summed E-state index contributed by atoms with van der Waals surface area (Å²) in [5.74, 6) is -4.14. The number of likely N-dealkylation sites (tertiary alicyclic amines) is 1. The summed E-state index contributed by atoms with van der Waals surface area (Å²) in [6, 6.07) is 2.55. The van der Waals surface area contributed by atoms with Gasteiger partial charge < -0.3 is 5.11 Å². The third-order valence-electron chi connectivity index (χ3n) is 3.63. The summed E-state index contributed by atoms with van der Waals surface area (Å²) in [5.41, 5.74) is 1.57. The first-order valence-corrected chi connectivity index (χ1v) is 6.89. The topological polar surface area (TPSA) is 53.4 Å². The highest BCUT2D eigenvalue weighted by molar-refractivity contribution is 5.74. The van der Waals surface area contributed by atoms with Crippen LogP contribution in [0.2, 0.25) is 0 Å². The molecule has 1 aliphatic heterocycles. The minimum absolute atomic E-state index is 0.0806. The molecule has 1 saturated heterocycles. The molecular weight excluding hydrogens is 278 g/mol. The van der Waals surface area contributed by atoms with Crippen molar-refractivity contribution < 1.29 is 18.7 Å². The molecule has 116 valence electrons. The van der Waals surface area contributed by atoms with Crippen molar-refractivity contribution in [2.45, 2.75) is 51.1 Å². The van der Waals surface area contributed by atoms with Gasteiger partial charge in [-0.25, -0.2) is 8.78 Å². The van der Waals surface area contributed by atoms with Crippen molar-refractivity contribution in [3.05, 3.63) is 29.6 Å². The molecular formula is C15H20F2N2O2. The summed E-state index contributed by atoms with van der Waals surface area (Å²) in [4.78, 5) is 16.7. The Morgan fingerprint density at radius 2 is 2.14 bits per heavy atom. The molecule has 1 aromatic rings. The second kappa shape index (κ2) is 5.33. The predicted octanol–water partition coefficient (Wildman–Crippen LogP) is 2.67. The van der Waals surface area contributed by atoms with Crippen LogP contribution in [0.1, 0.15) is 38.4 Å². The number of nitrogens with zero attached hydrogens (tertiary/aromatic N) is 2. The number of pyridine rings is 1. The van der Waals surface area contributed by atoms with Crippen LogP contribution < -0.4 is 0 Å². The van der Waals surface area contributed by atoms with Gasteiger partial charge in [-0.1, -0.05) is 26.8 Å². The van der Waals surface area contributed by atoms with Gasteiger partial charge in [-0.2, -0.15) is 0 Å². The maximum absolute atomic E-state index is 13.4. The van der Waals surface area contributed by atoms with Crippen LogP contribution in [-0.4, -0.2) is 39.5 Å². The highest BCUT2D eigenvalue weighted by Crippen LogP contribution is 2.33. The molecule has 0 aliphatic carbocycles. The molecule has 21 heavy (non-hydrogen) atoms. The van der Waals surface area contributed by atoms with Crippen molar-refractivity contribution in [3.8, 4) is 0 Å². The molecule has 1 atom stereocenters. The van der Waals surface area contributed by atoms with Crippen LogP contribution >= 0.6 is 0 Å². The first kappa shape index (κ1) is 15.8. The van der Waals surface area contributed by atoms with E-state index in [4.69, 9.17) is 5.11 Å². The van der Waals surface area contributed by atoms with Gasteiger partial charge in [-0.3, -0.25) is 14.7 Å². The van der Waals surface area contributed by atoms with E-state index in [0.717, 1.165) is 11.3 Å². The number of carbonyl (C=O) groups is 1. The fourth-order valence-electron chi connectivity index (χ4n) is 2.49. The van der Waals surface area contributed by atoms with Gasteiger partial charge in [0.25, 0.3) is 5.92 Å². The highest BCUT2D eigenvalue weighted by atomic mass is 19.3. The molecule has 0 radical (unpaired) electrons. The fourth-order valence-corrected chi connectivity index (χ4v) is 2.49. The first-order valence-electron chi connectivity index (χ1n) is 6.89. The second-order valence-corrected chi connectivity index (χ2v) is 6.62. The van der Waals surface area contributed by atoms with E-state index in [1.165, 1.54) is 4.90 Å². The lowest BCUT2D eigenvalue weighted by atomic mass is 9.91. The van der Waals surface area contributed by atoms with Crippen LogP contribution in [0.5, 0.6) is 0 Å². The minimum Gasteiger partial charge on any atom is -0.480 e. The van der Waals surface area contributed by atoms with E-state index in [-0.39, 0.29) is 12.0 Å². The van der Waals surface area contributed by atoms with E-state index in [2.05, 4.69) is 4.98 Å². The zero-order valence-corrected chi connectivity index (χ0v) is 12.4. The van der Waals surface area contributed by atoms with Crippen molar-refractivity contribution in [2.24, 2.45) is 0 Å². The number of rotatable bonds is 3. The maximum Gasteiger partial charge on any atom is 0.321 e. The van der Waals surface area contributed by atoms with Crippen molar-refractivity contribution in [1.82, 2.24) is 9.88 Å². The summed E-state index contributed by atoms with van der Waals surface area (Å²) in [6.45, 7) is 5.76. The lowest BCUT2D eigenvalue weighted by Crippen LogP contribution is -2.35. The molecule has 0 spiro atoms. The van der Waals surface area contributed by atoms with E-state index in [1.54, 1.807) is 6.20 Å². The Labute approximate surface area is 122 Å². The predicted molar refractivity (Wildman–Crippen MR) is 74.3 cm³/mol. The van der Waals surface area contributed by atoms with Gasteiger partial charge in [0.1, 0.15) is 6.04 Å². The molecule has 0 saturated carbocycles. The van der Waals surface area contributed by atoms with Crippen LogP contribution in [0.25, 0.3) is 0 Å². The number of hydrogen-bond acceptors (Lipinski definition) is 3. The molecule has 0 unspecified atom stereocenters. The first-order chi connectivity index (χ1) is 9.58. The third kappa shape index (κ3) is 3.75. The molecule has 0 aromatic carbocycles. The van der Waals surface area contributed by atoms with Crippen molar-refractivity contribution in [2.75, 3.05) is 6.54 Å². The van der Waals surface area contributed by atoms with E-state index in [0.29, 0.717) is 0 Å². The van der Waals surface area contributed by atoms with Crippen LogP contribution in [0, 0.1) is 0 Å². The standard InChI is InChI=1S/C15H20F2N2O2/c1-14(2,3)12-5-4-10(7-18-12)8-19-9-15(16,17)6-11(19)13(20)21/h4-5,7,11H,6,8-9H2,1-3H3,(H,20,21)/t11-/m1/s1. The molecule has 1 aliphatic rings. The molecule has 1 aromatic heterocycles. The average Bonchev–Trinajstić information content (AvgIpc) is 2.64. The molecule has 1 N–H and O–H groups in total. The summed E-state index contributed by atoms with van der Waals surface area (Å²) in [5, 5.41) is 9.05. The van der Waals surface area contributed by atoms with E-state index in [9.17, 15) is 13.6 Å². The van der Waals surface area contributed by atoms with Gasteiger partial charge >= 0.3 is 5.97 Å². The lowest BCUT2D eigenvalue weighted by molar-refractivity contribution is -0.142. The fraction of sp³-hybridized carbons (Fsp3) is 0.600. The summed E-state index contributed by atoms with van der Waals surface area (Å²) in [7, 11) is 0. The Bertz CT molecular complexity index is 523. The van der Waals surface area contributed by atoms with Crippen molar-refractivity contribution in [3.63, 3.8) is 0 Å². The van der Waals surface area contributed by atoms with Crippen molar-refractivity contribution >= 4 is 5.97 Å². The number of aromatic nitrogens is 1. The van der Waals surface area contributed by atoms with E-state index < -0.39 is 30.9 Å². The molecule has 1 fully saturated rings. The summed E-state index contributed by atoms with van der Waals surface area (Å²) < 4.78 is 26.8.